The highest BCUT2D eigenvalue weighted by molar-refractivity contribution is 6.31. The van der Waals surface area contributed by atoms with E-state index >= 15 is 0 Å². The molecule has 154 valence electrons. The molecule has 29 heavy (non-hydrogen) atoms. The Morgan fingerprint density at radius 1 is 1.17 bits per heavy atom. The standard InChI is InChI=1S/C22H25ClN2O4/c1-27-19-8-6-16(23)13-17(19)24-22(26)14-25-9-2-4-18(25)15-5-7-20-21(12-15)29-11-3-10-28-20/h5-8,12-13,18H,2-4,9-11,14H2,1H3,(H,24,26)/p+1/t18-/m1/s1. The molecule has 6 nitrogen and oxygen atoms in total. The van der Waals surface area contributed by atoms with Gasteiger partial charge in [-0.3, -0.25) is 4.79 Å². The molecule has 0 bridgehead atoms. The summed E-state index contributed by atoms with van der Waals surface area (Å²) in [4.78, 5) is 14.0. The van der Waals surface area contributed by atoms with Crippen LogP contribution in [0.4, 0.5) is 5.69 Å². The largest absolute Gasteiger partial charge is 0.495 e. The lowest BCUT2D eigenvalue weighted by Gasteiger charge is -2.22. The van der Waals surface area contributed by atoms with Crippen LogP contribution >= 0.6 is 11.6 Å². The number of fused-ring (bicyclic) bond motifs is 1. The summed E-state index contributed by atoms with van der Waals surface area (Å²) in [5, 5.41) is 3.50. The smallest absolute Gasteiger partial charge is 0.279 e. The molecule has 4 rings (SSSR count). The molecule has 2 aliphatic rings. The van der Waals surface area contributed by atoms with Crippen molar-refractivity contribution in [2.45, 2.75) is 25.3 Å². The molecule has 2 N–H and O–H groups in total. The van der Waals surface area contributed by atoms with E-state index in [0.29, 0.717) is 36.2 Å². The van der Waals surface area contributed by atoms with Crippen molar-refractivity contribution >= 4 is 23.2 Å². The number of anilines is 1. The molecule has 1 fully saturated rings. The molecule has 0 radical (unpaired) electrons. The molecule has 1 unspecified atom stereocenters. The van der Waals surface area contributed by atoms with Crippen LogP contribution in [0.2, 0.25) is 5.02 Å². The van der Waals surface area contributed by atoms with E-state index in [9.17, 15) is 4.79 Å². The van der Waals surface area contributed by atoms with Crippen molar-refractivity contribution in [3.05, 3.63) is 47.0 Å². The number of ether oxygens (including phenoxy) is 3. The zero-order valence-electron chi connectivity index (χ0n) is 16.5. The third kappa shape index (κ3) is 4.60. The van der Waals surface area contributed by atoms with Crippen molar-refractivity contribution in [2.75, 3.05) is 38.7 Å². The number of likely N-dealkylation sites (tertiary alicyclic amines) is 1. The summed E-state index contributed by atoms with van der Waals surface area (Å²) in [5.74, 6) is 2.15. The van der Waals surface area contributed by atoms with Gasteiger partial charge in [0.15, 0.2) is 18.0 Å². The number of carbonyl (C=O) groups is 1. The normalized spacial score (nSPS) is 20.8. The minimum absolute atomic E-state index is 0.0539. The lowest BCUT2D eigenvalue weighted by Crippen LogP contribution is -3.11. The van der Waals surface area contributed by atoms with Crippen LogP contribution in [0.1, 0.15) is 30.9 Å². The number of benzene rings is 2. The molecule has 2 heterocycles. The van der Waals surface area contributed by atoms with Gasteiger partial charge >= 0.3 is 0 Å². The Kier molecular flexibility index (Phi) is 6.11. The van der Waals surface area contributed by atoms with Crippen molar-refractivity contribution in [1.29, 1.82) is 0 Å². The number of quaternary nitrogens is 1. The Morgan fingerprint density at radius 2 is 2.00 bits per heavy atom. The second kappa shape index (κ2) is 8.93. The van der Waals surface area contributed by atoms with Crippen LogP contribution in [0.25, 0.3) is 0 Å². The van der Waals surface area contributed by atoms with Gasteiger partial charge < -0.3 is 24.4 Å². The predicted octanol–water partition coefficient (Wildman–Crippen LogP) is 2.87. The number of amides is 1. The molecule has 0 aliphatic carbocycles. The second-order valence-corrected chi connectivity index (χ2v) is 7.87. The average Bonchev–Trinajstić information content (AvgIpc) is 3.03. The van der Waals surface area contributed by atoms with Crippen molar-refractivity contribution in [2.24, 2.45) is 0 Å². The minimum Gasteiger partial charge on any atom is -0.495 e. The third-order valence-corrected chi connectivity index (χ3v) is 5.72. The molecule has 7 heteroatoms. The molecule has 2 aliphatic heterocycles. The lowest BCUT2D eigenvalue weighted by molar-refractivity contribution is -0.910. The number of carbonyl (C=O) groups excluding carboxylic acids is 1. The fourth-order valence-electron chi connectivity index (χ4n) is 4.10. The van der Waals surface area contributed by atoms with Crippen molar-refractivity contribution in [3.63, 3.8) is 0 Å². The van der Waals surface area contributed by atoms with Crippen LogP contribution in [0.15, 0.2) is 36.4 Å². The summed E-state index contributed by atoms with van der Waals surface area (Å²) < 4.78 is 16.9. The molecular formula is C22H26ClN2O4+. The van der Waals surface area contributed by atoms with Gasteiger partial charge in [-0.1, -0.05) is 11.6 Å². The summed E-state index contributed by atoms with van der Waals surface area (Å²) in [6.07, 6.45) is 3.02. The number of methoxy groups -OCH3 is 1. The summed E-state index contributed by atoms with van der Waals surface area (Å²) in [7, 11) is 1.57. The maximum atomic E-state index is 12.7. The molecule has 1 amide bonds. The molecule has 2 aromatic rings. The molecule has 0 spiro atoms. The summed E-state index contributed by atoms with van der Waals surface area (Å²) in [6.45, 7) is 2.69. The first-order chi connectivity index (χ1) is 14.1. The van der Waals surface area contributed by atoms with E-state index in [-0.39, 0.29) is 11.9 Å². The van der Waals surface area contributed by atoms with Gasteiger partial charge in [-0.05, 0) is 36.4 Å². The van der Waals surface area contributed by atoms with Crippen LogP contribution in [-0.2, 0) is 4.79 Å². The van der Waals surface area contributed by atoms with Crippen molar-refractivity contribution in [3.8, 4) is 17.2 Å². The SMILES string of the molecule is COc1ccc(Cl)cc1NC(=O)C[NH+]1CCC[C@@H]1c1ccc2c(c1)OCCCO2. The maximum Gasteiger partial charge on any atom is 0.279 e. The van der Waals surface area contributed by atoms with E-state index in [0.717, 1.165) is 37.3 Å². The summed E-state index contributed by atoms with van der Waals surface area (Å²) >= 11 is 6.07. The summed E-state index contributed by atoms with van der Waals surface area (Å²) in [6, 6.07) is 11.6. The molecule has 0 aromatic heterocycles. The molecule has 2 aromatic carbocycles. The number of hydrogen-bond donors (Lipinski definition) is 2. The predicted molar refractivity (Wildman–Crippen MR) is 111 cm³/mol. The Hall–Kier alpha value is -2.44. The van der Waals surface area contributed by atoms with Gasteiger partial charge in [0.25, 0.3) is 5.91 Å². The van der Waals surface area contributed by atoms with Gasteiger partial charge in [0.05, 0.1) is 32.6 Å². The summed E-state index contributed by atoms with van der Waals surface area (Å²) in [5.41, 5.74) is 1.78. The second-order valence-electron chi connectivity index (χ2n) is 7.43. The Morgan fingerprint density at radius 3 is 2.83 bits per heavy atom. The topological polar surface area (TPSA) is 61.2 Å². The van der Waals surface area contributed by atoms with Gasteiger partial charge in [-0.2, -0.15) is 0 Å². The Labute approximate surface area is 175 Å². The van der Waals surface area contributed by atoms with Gasteiger partial charge in [0, 0.05) is 29.8 Å². The maximum absolute atomic E-state index is 12.7. The number of nitrogens with one attached hydrogen (secondary N) is 2. The molecule has 2 atom stereocenters. The zero-order chi connectivity index (χ0) is 20.2. The monoisotopic (exact) mass is 417 g/mol. The molecule has 0 saturated carbocycles. The minimum atomic E-state index is -0.0539. The van der Waals surface area contributed by atoms with Gasteiger partial charge in [-0.15, -0.1) is 0 Å². The molecule has 1 saturated heterocycles. The number of halogens is 1. The fourth-order valence-corrected chi connectivity index (χ4v) is 4.27. The first kappa shape index (κ1) is 19.9. The van der Waals surface area contributed by atoms with Crippen LogP contribution in [0.5, 0.6) is 17.2 Å². The first-order valence-electron chi connectivity index (χ1n) is 10.0. The Balaban J connectivity index is 1.46. The van der Waals surface area contributed by atoms with E-state index < -0.39 is 0 Å². The fraction of sp³-hybridized carbons (Fsp3) is 0.409. The number of rotatable bonds is 5. The first-order valence-corrected chi connectivity index (χ1v) is 10.4. The number of hydrogen-bond acceptors (Lipinski definition) is 4. The highest BCUT2D eigenvalue weighted by Crippen LogP contribution is 2.33. The highest BCUT2D eigenvalue weighted by atomic mass is 35.5. The van der Waals surface area contributed by atoms with Crippen LogP contribution in [0, 0.1) is 0 Å². The zero-order valence-corrected chi connectivity index (χ0v) is 17.3. The quantitative estimate of drug-likeness (QED) is 0.785. The van der Waals surface area contributed by atoms with Crippen molar-refractivity contribution < 1.29 is 23.9 Å². The van der Waals surface area contributed by atoms with Crippen molar-refractivity contribution in [1.82, 2.24) is 0 Å². The highest BCUT2D eigenvalue weighted by Gasteiger charge is 2.32. The van der Waals surface area contributed by atoms with Crippen LogP contribution in [0.3, 0.4) is 0 Å². The lowest BCUT2D eigenvalue weighted by atomic mass is 10.0. The van der Waals surface area contributed by atoms with Crippen LogP contribution in [-0.4, -0.2) is 39.3 Å². The third-order valence-electron chi connectivity index (χ3n) is 5.48. The molecular weight excluding hydrogens is 392 g/mol. The van der Waals surface area contributed by atoms with Gasteiger partial charge in [-0.25, -0.2) is 0 Å². The van der Waals surface area contributed by atoms with E-state index in [1.165, 1.54) is 10.5 Å². The van der Waals surface area contributed by atoms with Crippen LogP contribution < -0.4 is 24.4 Å². The van der Waals surface area contributed by atoms with E-state index in [1.54, 1.807) is 25.3 Å². The van der Waals surface area contributed by atoms with E-state index in [1.807, 2.05) is 6.07 Å². The van der Waals surface area contributed by atoms with Gasteiger partial charge in [0.2, 0.25) is 0 Å². The van der Waals surface area contributed by atoms with Gasteiger partial charge in [0.1, 0.15) is 11.8 Å². The van der Waals surface area contributed by atoms with E-state index in [2.05, 4.69) is 17.4 Å². The average molecular weight is 418 g/mol. The van der Waals surface area contributed by atoms with E-state index in [4.69, 9.17) is 25.8 Å². The Bertz CT molecular complexity index is 889.